The first-order chi connectivity index (χ1) is 15.7. The van der Waals surface area contributed by atoms with Gasteiger partial charge in [0.05, 0.1) is 17.5 Å². The van der Waals surface area contributed by atoms with Gasteiger partial charge in [-0.1, -0.05) is 6.07 Å². The van der Waals surface area contributed by atoms with Crippen LogP contribution in [0.2, 0.25) is 0 Å². The molecule has 0 aliphatic carbocycles. The number of ether oxygens (including phenoxy) is 1. The lowest BCUT2D eigenvalue weighted by molar-refractivity contribution is -0.151. The number of likely N-dealkylation sites (tertiary alicyclic amines) is 1. The second-order valence-corrected chi connectivity index (χ2v) is 8.72. The van der Waals surface area contributed by atoms with Gasteiger partial charge < -0.3 is 19.8 Å². The van der Waals surface area contributed by atoms with E-state index < -0.39 is 41.9 Å². The van der Waals surface area contributed by atoms with Gasteiger partial charge in [0.25, 0.3) is 0 Å². The minimum absolute atomic E-state index is 0.0486. The van der Waals surface area contributed by atoms with E-state index in [1.165, 1.54) is 16.2 Å². The molecule has 1 aliphatic rings. The van der Waals surface area contributed by atoms with Crippen LogP contribution in [0.15, 0.2) is 17.5 Å². The number of thiophene rings is 1. The Hall–Kier alpha value is -2.79. The Kier molecular flexibility index (Phi) is 10.5. The van der Waals surface area contributed by atoms with Crippen molar-refractivity contribution in [2.45, 2.75) is 70.0 Å². The molecule has 1 aliphatic heterocycles. The number of hydrogen-bond acceptors (Lipinski definition) is 8. The molecule has 1 unspecified atom stereocenters. The van der Waals surface area contributed by atoms with Crippen molar-refractivity contribution in [2.75, 3.05) is 13.2 Å². The Morgan fingerprint density at radius 3 is 2.55 bits per heavy atom. The lowest BCUT2D eigenvalue weighted by atomic mass is 10.0. The molecule has 0 radical (unpaired) electrons. The number of carboxylic acids is 2. The van der Waals surface area contributed by atoms with Crippen LogP contribution in [0.3, 0.4) is 0 Å². The van der Waals surface area contributed by atoms with Crippen molar-refractivity contribution in [2.24, 2.45) is 0 Å². The van der Waals surface area contributed by atoms with Gasteiger partial charge in [-0.25, -0.2) is 4.79 Å². The summed E-state index contributed by atoms with van der Waals surface area (Å²) in [7, 11) is 0. The average molecular weight is 483 g/mol. The van der Waals surface area contributed by atoms with Crippen molar-refractivity contribution in [3.8, 4) is 0 Å². The van der Waals surface area contributed by atoms with E-state index in [9.17, 15) is 29.1 Å². The van der Waals surface area contributed by atoms with Gasteiger partial charge in [-0.15, -0.1) is 11.3 Å². The Balaban J connectivity index is 2.11. The average Bonchev–Trinajstić information content (AvgIpc) is 3.47. The Morgan fingerprint density at radius 1 is 1.18 bits per heavy atom. The summed E-state index contributed by atoms with van der Waals surface area (Å²) in [6.45, 7) is 2.01. The summed E-state index contributed by atoms with van der Waals surface area (Å²) < 4.78 is 5.11. The lowest BCUT2D eigenvalue weighted by Gasteiger charge is -2.29. The molecule has 33 heavy (non-hydrogen) atoms. The molecule has 2 heterocycles. The van der Waals surface area contributed by atoms with Crippen LogP contribution in [0.25, 0.3) is 0 Å². The predicted molar refractivity (Wildman–Crippen MR) is 119 cm³/mol. The highest BCUT2D eigenvalue weighted by Crippen LogP contribution is 2.21. The maximum atomic E-state index is 13.1. The van der Waals surface area contributed by atoms with Gasteiger partial charge in [-0.3, -0.25) is 24.5 Å². The number of rotatable bonds is 14. The maximum Gasteiger partial charge on any atom is 0.326 e. The summed E-state index contributed by atoms with van der Waals surface area (Å²) in [5.74, 6) is -3.44. The molecule has 0 bridgehead atoms. The number of esters is 1. The van der Waals surface area contributed by atoms with E-state index in [1.54, 1.807) is 24.4 Å². The van der Waals surface area contributed by atoms with E-state index in [4.69, 9.17) is 9.84 Å². The number of nitrogens with zero attached hydrogens (tertiary/aromatic N) is 1. The van der Waals surface area contributed by atoms with Gasteiger partial charge in [0.15, 0.2) is 5.78 Å². The zero-order valence-corrected chi connectivity index (χ0v) is 19.3. The third-order valence-corrected chi connectivity index (χ3v) is 6.34. The first-order valence-electron chi connectivity index (χ1n) is 11.0. The van der Waals surface area contributed by atoms with Gasteiger partial charge >= 0.3 is 17.9 Å². The number of ketones is 1. The highest BCUT2D eigenvalue weighted by molar-refractivity contribution is 7.12. The second-order valence-electron chi connectivity index (χ2n) is 7.78. The minimum atomic E-state index is -1.12. The summed E-state index contributed by atoms with van der Waals surface area (Å²) in [4.78, 5) is 62.4. The third kappa shape index (κ3) is 7.93. The minimum Gasteiger partial charge on any atom is -0.481 e. The standard InChI is InChI=1S/C22H30N2O8S/c1-2-32-22(31)15(6-3-8-17(25)18-9-5-13-33-18)23-14(10-11-19(26)27)20(28)24-12-4-7-16(24)21(29)30/h5,9,13-16,23H,2-4,6-8,10-12H2,1H3,(H,26,27)(H,29,30)/t14-,15?,16-/m0/s1. The van der Waals surface area contributed by atoms with Crippen LogP contribution >= 0.6 is 11.3 Å². The quantitative estimate of drug-likeness (QED) is 0.267. The van der Waals surface area contributed by atoms with Gasteiger partial charge in [0.2, 0.25) is 5.91 Å². The van der Waals surface area contributed by atoms with E-state index in [0.717, 1.165) is 0 Å². The number of carboxylic acid groups (broad SMARTS) is 2. The third-order valence-electron chi connectivity index (χ3n) is 5.43. The smallest absolute Gasteiger partial charge is 0.326 e. The Bertz CT molecular complexity index is 841. The topological polar surface area (TPSA) is 150 Å². The molecule has 11 heteroatoms. The van der Waals surface area contributed by atoms with Crippen molar-refractivity contribution < 1.29 is 38.9 Å². The van der Waals surface area contributed by atoms with Crippen LogP contribution in [0.5, 0.6) is 0 Å². The number of aliphatic carboxylic acids is 2. The molecule has 182 valence electrons. The van der Waals surface area contributed by atoms with Crippen LogP contribution in [-0.4, -0.2) is 76.0 Å². The predicted octanol–water partition coefficient (Wildman–Crippen LogP) is 1.93. The Labute approximate surface area is 195 Å². The normalized spacial score (nSPS) is 17.4. The van der Waals surface area contributed by atoms with Gasteiger partial charge in [-0.2, -0.15) is 0 Å². The Morgan fingerprint density at radius 2 is 1.94 bits per heavy atom. The number of Topliss-reactive ketones (excluding diaryl/α,β-unsaturated/α-hetero) is 1. The molecule has 0 spiro atoms. The number of nitrogens with one attached hydrogen (secondary N) is 1. The summed E-state index contributed by atoms with van der Waals surface area (Å²) in [5.41, 5.74) is 0. The molecule has 1 aromatic heterocycles. The molecule has 3 atom stereocenters. The van der Waals surface area contributed by atoms with Crippen LogP contribution in [0.4, 0.5) is 0 Å². The summed E-state index contributed by atoms with van der Waals surface area (Å²) in [6.07, 6.45) is 1.17. The monoisotopic (exact) mass is 482 g/mol. The van der Waals surface area contributed by atoms with Crippen molar-refractivity contribution in [1.29, 1.82) is 0 Å². The highest BCUT2D eigenvalue weighted by Gasteiger charge is 2.38. The number of carbonyl (C=O) groups is 5. The lowest BCUT2D eigenvalue weighted by Crippen LogP contribution is -2.54. The summed E-state index contributed by atoms with van der Waals surface area (Å²) in [6, 6.07) is 0.528. The number of hydrogen-bond donors (Lipinski definition) is 3. The van der Waals surface area contributed by atoms with Crippen molar-refractivity contribution in [3.05, 3.63) is 22.4 Å². The van der Waals surface area contributed by atoms with Crippen LogP contribution in [0, 0.1) is 0 Å². The first kappa shape index (κ1) is 26.5. The SMILES string of the molecule is CCOC(=O)C(CCCC(=O)c1cccs1)N[C@@H](CCC(=O)O)C(=O)N1CCC[C@H]1C(=O)O. The van der Waals surface area contributed by atoms with Crippen LogP contribution in [0.1, 0.15) is 61.5 Å². The van der Waals surface area contributed by atoms with Crippen molar-refractivity contribution >= 4 is 40.9 Å². The fraction of sp³-hybridized carbons (Fsp3) is 0.591. The van der Waals surface area contributed by atoms with E-state index in [1.807, 2.05) is 0 Å². The van der Waals surface area contributed by atoms with E-state index in [-0.39, 0.29) is 44.6 Å². The molecule has 2 rings (SSSR count). The number of amides is 1. The summed E-state index contributed by atoms with van der Waals surface area (Å²) >= 11 is 1.33. The zero-order valence-electron chi connectivity index (χ0n) is 18.5. The van der Waals surface area contributed by atoms with Gasteiger partial charge in [0, 0.05) is 19.4 Å². The van der Waals surface area contributed by atoms with Gasteiger partial charge in [-0.05, 0) is 50.5 Å². The molecule has 1 saturated heterocycles. The molecule has 1 fully saturated rings. The second kappa shape index (κ2) is 13.0. The van der Waals surface area contributed by atoms with E-state index in [2.05, 4.69) is 5.32 Å². The number of carbonyl (C=O) groups excluding carboxylic acids is 3. The fourth-order valence-corrected chi connectivity index (χ4v) is 4.51. The first-order valence-corrected chi connectivity index (χ1v) is 11.9. The maximum absolute atomic E-state index is 13.1. The zero-order chi connectivity index (χ0) is 24.4. The van der Waals surface area contributed by atoms with Crippen LogP contribution < -0.4 is 5.32 Å². The molecule has 0 aromatic carbocycles. The highest BCUT2D eigenvalue weighted by atomic mass is 32.1. The molecular weight excluding hydrogens is 452 g/mol. The fourth-order valence-electron chi connectivity index (χ4n) is 3.82. The molecule has 0 saturated carbocycles. The van der Waals surface area contributed by atoms with Gasteiger partial charge in [0.1, 0.15) is 12.1 Å². The molecule has 3 N–H and O–H groups in total. The van der Waals surface area contributed by atoms with E-state index in [0.29, 0.717) is 24.1 Å². The van der Waals surface area contributed by atoms with Crippen LogP contribution in [-0.2, 0) is 23.9 Å². The molecule has 1 aromatic rings. The largest absolute Gasteiger partial charge is 0.481 e. The summed E-state index contributed by atoms with van der Waals surface area (Å²) in [5, 5.41) is 23.2. The van der Waals surface area contributed by atoms with Crippen molar-refractivity contribution in [3.63, 3.8) is 0 Å². The molecule has 1 amide bonds. The molecule has 10 nitrogen and oxygen atoms in total. The van der Waals surface area contributed by atoms with Crippen molar-refractivity contribution in [1.82, 2.24) is 10.2 Å². The molecular formula is C22H30N2O8S. The van der Waals surface area contributed by atoms with E-state index >= 15 is 0 Å².